The lowest BCUT2D eigenvalue weighted by atomic mass is 10.00. The fourth-order valence-corrected chi connectivity index (χ4v) is 2.82. The van der Waals surface area contributed by atoms with E-state index in [4.69, 9.17) is 18.9 Å². The van der Waals surface area contributed by atoms with Crippen molar-refractivity contribution in [1.29, 1.82) is 0 Å². The van der Waals surface area contributed by atoms with Gasteiger partial charge in [-0.3, -0.25) is 0 Å². The number of fused-ring (bicyclic) bond motifs is 1. The van der Waals surface area contributed by atoms with Crippen LogP contribution in [0.1, 0.15) is 26.3 Å². The molecule has 0 aliphatic carbocycles. The van der Waals surface area contributed by atoms with Crippen molar-refractivity contribution >= 4 is 0 Å². The molecule has 116 valence electrons. The van der Waals surface area contributed by atoms with E-state index in [1.54, 1.807) is 0 Å². The summed E-state index contributed by atoms with van der Waals surface area (Å²) in [4.78, 5) is 0. The topological polar surface area (TPSA) is 57.2 Å². The molecule has 3 rings (SSSR count). The van der Waals surface area contributed by atoms with Crippen molar-refractivity contribution in [1.82, 2.24) is 0 Å². The Morgan fingerprint density at radius 2 is 1.81 bits per heavy atom. The Labute approximate surface area is 124 Å². The van der Waals surface area contributed by atoms with Gasteiger partial charge in [-0.2, -0.15) is 0 Å². The molecule has 0 unspecified atom stereocenters. The fraction of sp³-hybridized carbons (Fsp3) is 0.625. The van der Waals surface area contributed by atoms with E-state index in [1.165, 1.54) is 0 Å². The minimum Gasteiger partial charge on any atom is -0.388 e. The summed E-state index contributed by atoms with van der Waals surface area (Å²) in [5.74, 6) is -0.738. The molecule has 5 nitrogen and oxygen atoms in total. The smallest absolute Gasteiger partial charge is 0.187 e. The first-order valence-corrected chi connectivity index (χ1v) is 7.31. The highest BCUT2D eigenvalue weighted by atomic mass is 16.8. The maximum Gasteiger partial charge on any atom is 0.187 e. The molecule has 2 heterocycles. The van der Waals surface area contributed by atoms with Crippen molar-refractivity contribution < 1.29 is 24.1 Å². The van der Waals surface area contributed by atoms with E-state index in [0.717, 1.165) is 5.56 Å². The van der Waals surface area contributed by atoms with Crippen molar-refractivity contribution in [3.8, 4) is 0 Å². The molecule has 2 aliphatic rings. The van der Waals surface area contributed by atoms with E-state index in [2.05, 4.69) is 0 Å². The van der Waals surface area contributed by atoms with Crippen LogP contribution in [0.2, 0.25) is 0 Å². The van der Waals surface area contributed by atoms with Gasteiger partial charge in [0, 0.05) is 0 Å². The van der Waals surface area contributed by atoms with Crippen LogP contribution in [-0.4, -0.2) is 41.6 Å². The van der Waals surface area contributed by atoms with Gasteiger partial charge in [-0.05, 0) is 26.3 Å². The highest BCUT2D eigenvalue weighted by molar-refractivity contribution is 5.13. The van der Waals surface area contributed by atoms with Crippen molar-refractivity contribution in [3.63, 3.8) is 0 Å². The summed E-state index contributed by atoms with van der Waals surface area (Å²) >= 11 is 0. The van der Waals surface area contributed by atoms with Gasteiger partial charge in [-0.15, -0.1) is 0 Å². The van der Waals surface area contributed by atoms with Gasteiger partial charge in [0.2, 0.25) is 0 Å². The second-order valence-corrected chi connectivity index (χ2v) is 6.06. The molecule has 5 atom stereocenters. The Morgan fingerprint density at radius 3 is 2.52 bits per heavy atom. The number of aliphatic hydroxyl groups excluding tert-OH is 1. The molecule has 5 heteroatoms. The van der Waals surface area contributed by atoms with E-state index in [1.807, 2.05) is 51.1 Å². The molecule has 1 aromatic rings. The molecule has 1 aromatic carbocycles. The molecule has 21 heavy (non-hydrogen) atoms. The molecule has 0 amide bonds. The summed E-state index contributed by atoms with van der Waals surface area (Å²) in [7, 11) is 0. The quantitative estimate of drug-likeness (QED) is 0.921. The Morgan fingerprint density at radius 1 is 1.14 bits per heavy atom. The summed E-state index contributed by atoms with van der Waals surface area (Å²) < 4.78 is 23.2. The van der Waals surface area contributed by atoms with Gasteiger partial charge < -0.3 is 24.1 Å². The van der Waals surface area contributed by atoms with E-state index in [0.29, 0.717) is 6.61 Å². The standard InChI is InChI=1S/C16H22O5/c1-10-12(17)13-14(21-16(2,3)20-13)15(19-10)18-9-11-7-5-4-6-8-11/h4-8,10,12-15,17H,9H2,1-3H3/t10-,12-,13+,14+,15+/m0/s1. The molecule has 0 bridgehead atoms. The molecule has 0 radical (unpaired) electrons. The van der Waals surface area contributed by atoms with Crippen LogP contribution >= 0.6 is 0 Å². The highest BCUT2D eigenvalue weighted by Crippen LogP contribution is 2.37. The Hall–Kier alpha value is -0.980. The summed E-state index contributed by atoms with van der Waals surface area (Å²) in [5.41, 5.74) is 1.06. The van der Waals surface area contributed by atoms with Gasteiger partial charge in [-0.1, -0.05) is 30.3 Å². The second-order valence-electron chi connectivity index (χ2n) is 6.06. The molecular formula is C16H22O5. The van der Waals surface area contributed by atoms with E-state index in [-0.39, 0.29) is 6.10 Å². The maximum atomic E-state index is 10.2. The molecule has 2 saturated heterocycles. The third-order valence-electron chi connectivity index (χ3n) is 3.86. The first-order chi connectivity index (χ1) is 9.96. The molecular weight excluding hydrogens is 272 g/mol. The van der Waals surface area contributed by atoms with Gasteiger partial charge in [0.1, 0.15) is 18.3 Å². The average molecular weight is 294 g/mol. The van der Waals surface area contributed by atoms with Crippen LogP contribution in [0.4, 0.5) is 0 Å². The SMILES string of the molecule is C[C@@H]1O[C@@H](OCc2ccccc2)[C@@H]2OC(C)(C)O[C@@H]2[C@H]1O. The van der Waals surface area contributed by atoms with Crippen LogP contribution in [-0.2, 0) is 25.6 Å². The van der Waals surface area contributed by atoms with Gasteiger partial charge in [0.25, 0.3) is 0 Å². The monoisotopic (exact) mass is 294 g/mol. The van der Waals surface area contributed by atoms with Crippen LogP contribution in [0.25, 0.3) is 0 Å². The van der Waals surface area contributed by atoms with Gasteiger partial charge >= 0.3 is 0 Å². The zero-order valence-electron chi connectivity index (χ0n) is 12.6. The predicted molar refractivity (Wildman–Crippen MR) is 75.4 cm³/mol. The van der Waals surface area contributed by atoms with E-state index >= 15 is 0 Å². The molecule has 1 N–H and O–H groups in total. The number of hydrogen-bond acceptors (Lipinski definition) is 5. The van der Waals surface area contributed by atoms with E-state index < -0.39 is 30.4 Å². The van der Waals surface area contributed by atoms with Gasteiger partial charge in [0.15, 0.2) is 12.1 Å². The third kappa shape index (κ3) is 3.12. The molecule has 2 aliphatic heterocycles. The van der Waals surface area contributed by atoms with Crippen LogP contribution < -0.4 is 0 Å². The maximum absolute atomic E-state index is 10.2. The number of aliphatic hydroxyl groups is 1. The highest BCUT2D eigenvalue weighted by Gasteiger charge is 2.54. The van der Waals surface area contributed by atoms with Crippen LogP contribution in [0, 0.1) is 0 Å². The number of rotatable bonds is 3. The summed E-state index contributed by atoms with van der Waals surface area (Å²) in [5, 5.41) is 10.2. The molecule has 2 fully saturated rings. The third-order valence-corrected chi connectivity index (χ3v) is 3.86. The minimum absolute atomic E-state index is 0.357. The molecule has 0 aromatic heterocycles. The van der Waals surface area contributed by atoms with Crippen LogP contribution in [0.5, 0.6) is 0 Å². The van der Waals surface area contributed by atoms with Crippen LogP contribution in [0.15, 0.2) is 30.3 Å². The predicted octanol–water partition coefficient (Wildman–Crippen LogP) is 1.83. The molecule has 0 spiro atoms. The lowest BCUT2D eigenvalue weighted by molar-refractivity contribution is -0.275. The van der Waals surface area contributed by atoms with Crippen molar-refractivity contribution in [2.24, 2.45) is 0 Å². The van der Waals surface area contributed by atoms with Crippen molar-refractivity contribution in [2.45, 2.75) is 63.9 Å². The van der Waals surface area contributed by atoms with E-state index in [9.17, 15) is 5.11 Å². The summed E-state index contributed by atoms with van der Waals surface area (Å²) in [6, 6.07) is 9.89. The fourth-order valence-electron chi connectivity index (χ4n) is 2.82. The normalized spacial score (nSPS) is 38.2. The van der Waals surface area contributed by atoms with Crippen LogP contribution in [0.3, 0.4) is 0 Å². The van der Waals surface area contributed by atoms with Gasteiger partial charge in [0.05, 0.1) is 12.7 Å². The van der Waals surface area contributed by atoms with Crippen molar-refractivity contribution in [2.75, 3.05) is 0 Å². The Kier molecular flexibility index (Phi) is 4.03. The largest absolute Gasteiger partial charge is 0.388 e. The minimum atomic E-state index is -0.738. The van der Waals surface area contributed by atoms with Gasteiger partial charge in [-0.25, -0.2) is 0 Å². The average Bonchev–Trinajstić information content (AvgIpc) is 2.79. The molecule has 0 saturated carbocycles. The summed E-state index contributed by atoms with van der Waals surface area (Å²) in [6.45, 7) is 5.91. The Bertz CT molecular complexity index is 475. The first kappa shape index (κ1) is 14.9. The lowest BCUT2D eigenvalue weighted by Gasteiger charge is -2.38. The zero-order chi connectivity index (χ0) is 15.0. The lowest BCUT2D eigenvalue weighted by Crippen LogP contribution is -2.55. The number of benzene rings is 1. The summed E-state index contributed by atoms with van der Waals surface area (Å²) in [6.07, 6.45) is -2.47. The number of ether oxygens (including phenoxy) is 4. The first-order valence-electron chi connectivity index (χ1n) is 7.31. The Balaban J connectivity index is 1.69. The number of hydrogen-bond donors (Lipinski definition) is 1. The second kappa shape index (κ2) is 5.66. The van der Waals surface area contributed by atoms with Crippen molar-refractivity contribution in [3.05, 3.63) is 35.9 Å². The zero-order valence-corrected chi connectivity index (χ0v) is 12.6.